The van der Waals surface area contributed by atoms with Crippen molar-refractivity contribution < 1.29 is 0 Å². The lowest BCUT2D eigenvalue weighted by atomic mass is 10.1. The minimum Gasteiger partial charge on any atom is -0.328 e. The number of rotatable bonds is 3. The molecule has 112 valence electrons. The van der Waals surface area contributed by atoms with Crippen molar-refractivity contribution in [3.05, 3.63) is 94.9 Å². The van der Waals surface area contributed by atoms with Gasteiger partial charge in [-0.25, -0.2) is 0 Å². The molecule has 0 spiro atoms. The molecule has 4 rings (SSSR count). The molecule has 0 saturated heterocycles. The van der Waals surface area contributed by atoms with E-state index >= 15 is 0 Å². The highest BCUT2D eigenvalue weighted by Gasteiger charge is 2.09. The summed E-state index contributed by atoms with van der Waals surface area (Å²) in [5, 5.41) is 4.47. The topological polar surface area (TPSA) is 39.3 Å². The second-order valence-electron chi connectivity index (χ2n) is 5.43. The molecule has 23 heavy (non-hydrogen) atoms. The number of fused-ring (bicyclic) bond motifs is 1. The van der Waals surface area contributed by atoms with Crippen molar-refractivity contribution in [2.75, 3.05) is 0 Å². The Labute approximate surface area is 133 Å². The quantitative estimate of drug-likeness (QED) is 0.583. The Kier molecular flexibility index (Phi) is 3.27. The molecule has 4 nitrogen and oxygen atoms in total. The molecule has 0 saturated carbocycles. The molecule has 0 aliphatic carbocycles. The van der Waals surface area contributed by atoms with Crippen LogP contribution in [0.4, 0.5) is 0 Å². The minimum atomic E-state index is -0.119. The molecular formula is C19H15N3O. The van der Waals surface area contributed by atoms with Crippen molar-refractivity contribution in [3.8, 4) is 11.3 Å². The second-order valence-corrected chi connectivity index (χ2v) is 5.43. The van der Waals surface area contributed by atoms with Gasteiger partial charge in [0.15, 0.2) is 0 Å². The van der Waals surface area contributed by atoms with Crippen LogP contribution in [0.15, 0.2) is 83.8 Å². The number of aromatic nitrogens is 3. The van der Waals surface area contributed by atoms with Gasteiger partial charge in [-0.05, 0) is 5.56 Å². The maximum atomic E-state index is 12.1. The molecule has 0 aliphatic rings. The van der Waals surface area contributed by atoms with Crippen molar-refractivity contribution in [3.63, 3.8) is 0 Å². The van der Waals surface area contributed by atoms with Crippen LogP contribution in [-0.2, 0) is 6.54 Å². The minimum absolute atomic E-state index is 0.119. The molecule has 2 heterocycles. The Bertz CT molecular complexity index is 1000. The fourth-order valence-electron chi connectivity index (χ4n) is 2.70. The molecule has 0 bridgehead atoms. The Morgan fingerprint density at radius 2 is 1.57 bits per heavy atom. The third-order valence-electron chi connectivity index (χ3n) is 3.86. The van der Waals surface area contributed by atoms with Crippen LogP contribution in [-0.4, -0.2) is 14.2 Å². The summed E-state index contributed by atoms with van der Waals surface area (Å²) in [5.74, 6) is 0. The molecule has 2 aromatic heterocycles. The van der Waals surface area contributed by atoms with E-state index in [9.17, 15) is 4.79 Å². The second kappa shape index (κ2) is 5.57. The fourth-order valence-corrected chi connectivity index (χ4v) is 2.70. The van der Waals surface area contributed by atoms with Gasteiger partial charge in [0.25, 0.3) is 5.56 Å². The smallest absolute Gasteiger partial charge is 0.274 e. The molecule has 4 aromatic rings. The maximum Gasteiger partial charge on any atom is 0.274 e. The lowest BCUT2D eigenvalue weighted by Gasteiger charge is -2.08. The van der Waals surface area contributed by atoms with Crippen molar-refractivity contribution >= 4 is 5.65 Å². The number of benzene rings is 2. The summed E-state index contributed by atoms with van der Waals surface area (Å²) in [6.45, 7) is 0.699. The first kappa shape index (κ1) is 13.5. The van der Waals surface area contributed by atoms with Gasteiger partial charge in [-0.15, -0.1) is 0 Å². The maximum absolute atomic E-state index is 12.1. The van der Waals surface area contributed by atoms with Crippen LogP contribution >= 0.6 is 0 Å². The van der Waals surface area contributed by atoms with E-state index in [2.05, 4.69) is 17.2 Å². The first-order valence-corrected chi connectivity index (χ1v) is 7.50. The van der Waals surface area contributed by atoms with E-state index in [1.807, 2.05) is 65.4 Å². The number of hydrogen-bond acceptors (Lipinski definition) is 2. The zero-order valence-corrected chi connectivity index (χ0v) is 12.5. The fraction of sp³-hybridized carbons (Fsp3) is 0.0526. The third kappa shape index (κ3) is 2.55. The predicted molar refractivity (Wildman–Crippen MR) is 90.4 cm³/mol. The van der Waals surface area contributed by atoms with Gasteiger partial charge >= 0.3 is 0 Å². The summed E-state index contributed by atoms with van der Waals surface area (Å²) in [7, 11) is 0. The standard InChI is InChI=1S/C19H15N3O/c23-19-11-12-21(14-15-7-3-1-4-8-15)18-13-17(20-22(18)19)16-9-5-2-6-10-16/h1-13H,14H2. The van der Waals surface area contributed by atoms with Crippen molar-refractivity contribution in [2.45, 2.75) is 6.54 Å². The van der Waals surface area contributed by atoms with Gasteiger partial charge in [0.2, 0.25) is 0 Å². The molecule has 0 aliphatic heterocycles. The van der Waals surface area contributed by atoms with Crippen molar-refractivity contribution in [2.24, 2.45) is 0 Å². The first-order chi connectivity index (χ1) is 11.3. The van der Waals surface area contributed by atoms with Crippen LogP contribution in [0.5, 0.6) is 0 Å². The van der Waals surface area contributed by atoms with Crippen LogP contribution in [0.1, 0.15) is 5.56 Å². The van der Waals surface area contributed by atoms with Gasteiger partial charge in [0.05, 0.1) is 5.69 Å². The van der Waals surface area contributed by atoms with E-state index in [1.54, 1.807) is 6.07 Å². The molecule has 2 aromatic carbocycles. The Balaban J connectivity index is 1.85. The van der Waals surface area contributed by atoms with Gasteiger partial charge in [-0.2, -0.15) is 9.61 Å². The van der Waals surface area contributed by atoms with Crippen LogP contribution in [0, 0.1) is 0 Å². The van der Waals surface area contributed by atoms with E-state index in [-0.39, 0.29) is 5.56 Å². The van der Waals surface area contributed by atoms with Crippen LogP contribution in [0.2, 0.25) is 0 Å². The molecule has 0 N–H and O–H groups in total. The average Bonchev–Trinajstić information content (AvgIpc) is 3.06. The van der Waals surface area contributed by atoms with E-state index in [0.29, 0.717) is 6.54 Å². The monoisotopic (exact) mass is 301 g/mol. The zero-order chi connectivity index (χ0) is 15.6. The normalized spacial score (nSPS) is 11.0. The highest BCUT2D eigenvalue weighted by molar-refractivity contribution is 5.64. The van der Waals surface area contributed by atoms with Crippen LogP contribution < -0.4 is 5.56 Å². The SMILES string of the molecule is O=c1ccn(Cc2ccccc2)c2cc(-c3ccccc3)nn12. The molecule has 4 heteroatoms. The van der Waals surface area contributed by atoms with E-state index in [4.69, 9.17) is 0 Å². The van der Waals surface area contributed by atoms with Crippen molar-refractivity contribution in [1.29, 1.82) is 0 Å². The first-order valence-electron chi connectivity index (χ1n) is 7.50. The van der Waals surface area contributed by atoms with Crippen molar-refractivity contribution in [1.82, 2.24) is 14.2 Å². The Hall–Kier alpha value is -3.14. The lowest BCUT2D eigenvalue weighted by molar-refractivity contribution is 0.765. The Morgan fingerprint density at radius 3 is 2.30 bits per heavy atom. The van der Waals surface area contributed by atoms with E-state index in [0.717, 1.165) is 16.9 Å². The van der Waals surface area contributed by atoms with Gasteiger partial charge in [0, 0.05) is 30.4 Å². The molecule has 0 unspecified atom stereocenters. The zero-order valence-electron chi connectivity index (χ0n) is 12.5. The highest BCUT2D eigenvalue weighted by Crippen LogP contribution is 2.19. The molecule has 0 radical (unpaired) electrons. The van der Waals surface area contributed by atoms with Gasteiger partial charge < -0.3 is 4.57 Å². The van der Waals surface area contributed by atoms with Crippen LogP contribution in [0.25, 0.3) is 16.9 Å². The summed E-state index contributed by atoms with van der Waals surface area (Å²) in [6, 6.07) is 23.6. The molecule has 0 amide bonds. The molecular weight excluding hydrogens is 286 g/mol. The molecule has 0 atom stereocenters. The lowest BCUT2D eigenvalue weighted by Crippen LogP contribution is -2.17. The number of hydrogen-bond donors (Lipinski definition) is 0. The van der Waals surface area contributed by atoms with Gasteiger partial charge in [0.1, 0.15) is 5.65 Å². The third-order valence-corrected chi connectivity index (χ3v) is 3.86. The average molecular weight is 301 g/mol. The molecule has 0 fully saturated rings. The summed E-state index contributed by atoms with van der Waals surface area (Å²) in [4.78, 5) is 12.1. The Morgan fingerprint density at radius 1 is 0.870 bits per heavy atom. The van der Waals surface area contributed by atoms with Crippen LogP contribution in [0.3, 0.4) is 0 Å². The summed E-state index contributed by atoms with van der Waals surface area (Å²) < 4.78 is 3.50. The van der Waals surface area contributed by atoms with E-state index in [1.165, 1.54) is 10.1 Å². The summed E-state index contributed by atoms with van der Waals surface area (Å²) >= 11 is 0. The summed E-state index contributed by atoms with van der Waals surface area (Å²) in [5.41, 5.74) is 3.66. The van der Waals surface area contributed by atoms with E-state index < -0.39 is 0 Å². The predicted octanol–water partition coefficient (Wildman–Crippen LogP) is 3.21. The number of nitrogens with zero attached hydrogens (tertiary/aromatic N) is 3. The van der Waals surface area contributed by atoms with Gasteiger partial charge in [-0.1, -0.05) is 60.7 Å². The highest BCUT2D eigenvalue weighted by atomic mass is 16.1. The largest absolute Gasteiger partial charge is 0.328 e. The summed E-state index contributed by atoms with van der Waals surface area (Å²) in [6.07, 6.45) is 1.82. The van der Waals surface area contributed by atoms with Gasteiger partial charge in [-0.3, -0.25) is 4.79 Å².